The van der Waals surface area contributed by atoms with Crippen LogP contribution < -0.4 is 11.5 Å². The van der Waals surface area contributed by atoms with Crippen molar-refractivity contribution in [2.24, 2.45) is 5.73 Å². The van der Waals surface area contributed by atoms with Gasteiger partial charge in [0.2, 0.25) is 5.91 Å². The fourth-order valence-corrected chi connectivity index (χ4v) is 1.71. The van der Waals surface area contributed by atoms with Gasteiger partial charge in [-0.3, -0.25) is 14.3 Å². The van der Waals surface area contributed by atoms with Gasteiger partial charge >= 0.3 is 0 Å². The van der Waals surface area contributed by atoms with E-state index in [0.29, 0.717) is 13.1 Å². The van der Waals surface area contributed by atoms with Gasteiger partial charge in [0.15, 0.2) is 5.69 Å². The first kappa shape index (κ1) is 14.0. The molecule has 0 aromatic carbocycles. The van der Waals surface area contributed by atoms with Crippen molar-refractivity contribution in [3.8, 4) is 0 Å². The Hall–Kier alpha value is -2.05. The Kier molecular flexibility index (Phi) is 4.30. The van der Waals surface area contributed by atoms with E-state index in [4.69, 9.17) is 11.5 Å². The quantitative estimate of drug-likeness (QED) is 0.769. The molecule has 100 valence electrons. The van der Waals surface area contributed by atoms with E-state index in [-0.39, 0.29) is 17.3 Å². The Morgan fingerprint density at radius 3 is 2.39 bits per heavy atom. The van der Waals surface area contributed by atoms with E-state index in [9.17, 15) is 9.59 Å². The monoisotopic (exact) mass is 253 g/mol. The highest BCUT2D eigenvalue weighted by Crippen LogP contribution is 2.15. The van der Waals surface area contributed by atoms with Crippen molar-refractivity contribution in [1.82, 2.24) is 14.7 Å². The molecule has 4 N–H and O–H groups in total. The number of rotatable bonds is 5. The fraction of sp³-hybridized carbons (Fsp3) is 0.545. The maximum Gasteiger partial charge on any atom is 0.271 e. The molecule has 0 saturated heterocycles. The van der Waals surface area contributed by atoms with E-state index >= 15 is 0 Å². The number of amides is 2. The number of nitrogens with two attached hydrogens (primary N) is 2. The van der Waals surface area contributed by atoms with Crippen molar-refractivity contribution in [2.45, 2.75) is 26.8 Å². The van der Waals surface area contributed by atoms with Crippen LogP contribution in [0.15, 0.2) is 6.20 Å². The lowest BCUT2D eigenvalue weighted by atomic mass is 10.3. The zero-order chi connectivity index (χ0) is 13.9. The van der Waals surface area contributed by atoms with Crippen LogP contribution in [-0.4, -0.2) is 39.6 Å². The molecule has 1 atom stereocenters. The number of nitrogens with zero attached hydrogens (tertiary/aromatic N) is 3. The van der Waals surface area contributed by atoms with Gasteiger partial charge in [-0.15, -0.1) is 0 Å². The average Bonchev–Trinajstić information content (AvgIpc) is 2.71. The van der Waals surface area contributed by atoms with Crippen molar-refractivity contribution in [1.29, 1.82) is 0 Å². The number of hydrogen-bond acceptors (Lipinski definition) is 4. The van der Waals surface area contributed by atoms with Crippen molar-refractivity contribution in [2.75, 3.05) is 18.8 Å². The van der Waals surface area contributed by atoms with E-state index in [2.05, 4.69) is 5.10 Å². The Labute approximate surface area is 106 Å². The highest BCUT2D eigenvalue weighted by Gasteiger charge is 2.22. The summed E-state index contributed by atoms with van der Waals surface area (Å²) < 4.78 is 1.37. The van der Waals surface area contributed by atoms with Crippen LogP contribution in [0.4, 0.5) is 5.69 Å². The summed E-state index contributed by atoms with van der Waals surface area (Å²) in [5, 5.41) is 3.95. The summed E-state index contributed by atoms with van der Waals surface area (Å²) in [6, 6.07) is -0.514. The van der Waals surface area contributed by atoms with Crippen LogP contribution in [-0.2, 0) is 4.79 Å². The van der Waals surface area contributed by atoms with Crippen molar-refractivity contribution < 1.29 is 9.59 Å². The van der Waals surface area contributed by atoms with Crippen molar-refractivity contribution >= 4 is 17.5 Å². The largest absolute Gasteiger partial charge is 0.396 e. The molecule has 0 bridgehead atoms. The second-order valence-electron chi connectivity index (χ2n) is 3.96. The molecule has 0 aliphatic heterocycles. The topological polar surface area (TPSA) is 107 Å². The highest BCUT2D eigenvalue weighted by molar-refractivity contribution is 5.95. The molecule has 1 aromatic rings. The SMILES string of the molecule is CCN(CC)C(=O)C(C)n1cc(N)c(C(N)=O)n1. The second kappa shape index (κ2) is 5.52. The number of carbonyl (C=O) groups excluding carboxylic acids is 2. The molecule has 1 heterocycles. The van der Waals surface area contributed by atoms with Crippen molar-refractivity contribution in [3.63, 3.8) is 0 Å². The third-order valence-corrected chi connectivity index (χ3v) is 2.82. The van der Waals surface area contributed by atoms with Crippen LogP contribution in [0.2, 0.25) is 0 Å². The third-order valence-electron chi connectivity index (χ3n) is 2.82. The minimum Gasteiger partial charge on any atom is -0.396 e. The number of carbonyl (C=O) groups is 2. The smallest absolute Gasteiger partial charge is 0.271 e. The average molecular weight is 253 g/mol. The third kappa shape index (κ3) is 2.61. The van der Waals surface area contributed by atoms with E-state index in [0.717, 1.165) is 0 Å². The zero-order valence-corrected chi connectivity index (χ0v) is 10.9. The minimum atomic E-state index is -0.700. The molecule has 0 aliphatic carbocycles. The maximum atomic E-state index is 12.1. The van der Waals surface area contributed by atoms with Crippen LogP contribution in [0.25, 0.3) is 0 Å². The second-order valence-corrected chi connectivity index (χ2v) is 3.96. The first-order valence-corrected chi connectivity index (χ1v) is 5.85. The molecule has 1 aromatic heterocycles. The van der Waals surface area contributed by atoms with Gasteiger partial charge in [-0.05, 0) is 20.8 Å². The van der Waals surface area contributed by atoms with E-state index in [1.807, 2.05) is 13.8 Å². The molecular formula is C11H19N5O2. The predicted octanol–water partition coefficient (Wildman–Crippen LogP) is -0.00640. The highest BCUT2D eigenvalue weighted by atomic mass is 16.2. The van der Waals surface area contributed by atoms with Gasteiger partial charge in [0.1, 0.15) is 6.04 Å². The zero-order valence-electron chi connectivity index (χ0n) is 10.9. The molecule has 7 nitrogen and oxygen atoms in total. The Morgan fingerprint density at radius 2 is 2.00 bits per heavy atom. The van der Waals surface area contributed by atoms with E-state index in [1.54, 1.807) is 11.8 Å². The standard InChI is InChI=1S/C11H19N5O2/c1-4-15(5-2)11(18)7(3)16-6-8(12)9(14-16)10(13)17/h6-7H,4-5,12H2,1-3H3,(H2,13,17). The van der Waals surface area contributed by atoms with Gasteiger partial charge in [-0.25, -0.2) is 0 Å². The van der Waals surface area contributed by atoms with Gasteiger partial charge < -0.3 is 16.4 Å². The van der Waals surface area contributed by atoms with Crippen LogP contribution >= 0.6 is 0 Å². The van der Waals surface area contributed by atoms with Crippen molar-refractivity contribution in [3.05, 3.63) is 11.9 Å². The number of anilines is 1. The summed E-state index contributed by atoms with van der Waals surface area (Å²) in [7, 11) is 0. The first-order chi connectivity index (χ1) is 8.42. The predicted molar refractivity (Wildman–Crippen MR) is 67.8 cm³/mol. The number of aromatic nitrogens is 2. The summed E-state index contributed by atoms with van der Waals surface area (Å²) in [4.78, 5) is 24.8. The normalized spacial score (nSPS) is 12.2. The molecule has 0 fully saturated rings. The molecular weight excluding hydrogens is 234 g/mol. The molecule has 1 rings (SSSR count). The van der Waals surface area contributed by atoms with Gasteiger partial charge in [0.05, 0.1) is 5.69 Å². The van der Waals surface area contributed by atoms with E-state index in [1.165, 1.54) is 10.9 Å². The Morgan fingerprint density at radius 1 is 1.44 bits per heavy atom. The molecule has 2 amide bonds. The molecule has 0 radical (unpaired) electrons. The van der Waals surface area contributed by atoms with Crippen LogP contribution in [0.5, 0.6) is 0 Å². The van der Waals surface area contributed by atoms with E-state index < -0.39 is 11.9 Å². The molecule has 7 heteroatoms. The lowest BCUT2D eigenvalue weighted by Gasteiger charge is -2.22. The molecule has 0 saturated carbocycles. The van der Waals surface area contributed by atoms with Gasteiger partial charge in [-0.1, -0.05) is 0 Å². The summed E-state index contributed by atoms with van der Waals surface area (Å²) in [5.41, 5.74) is 10.9. The molecule has 0 aliphatic rings. The lowest BCUT2D eigenvalue weighted by Crippen LogP contribution is -2.36. The Balaban J connectivity index is 2.97. The number of nitrogen functional groups attached to an aromatic ring is 1. The van der Waals surface area contributed by atoms with Crippen LogP contribution in [0.1, 0.15) is 37.3 Å². The summed E-state index contributed by atoms with van der Waals surface area (Å²) in [5.74, 6) is -0.771. The fourth-order valence-electron chi connectivity index (χ4n) is 1.71. The summed E-state index contributed by atoms with van der Waals surface area (Å²) in [6.07, 6.45) is 1.45. The lowest BCUT2D eigenvalue weighted by molar-refractivity contribution is -0.134. The van der Waals surface area contributed by atoms with Gasteiger partial charge in [-0.2, -0.15) is 5.10 Å². The summed E-state index contributed by atoms with van der Waals surface area (Å²) in [6.45, 7) is 6.76. The molecule has 1 unspecified atom stereocenters. The van der Waals surface area contributed by atoms with Gasteiger partial charge in [0.25, 0.3) is 5.91 Å². The number of hydrogen-bond donors (Lipinski definition) is 2. The minimum absolute atomic E-state index is 0.00537. The first-order valence-electron chi connectivity index (χ1n) is 5.85. The molecule has 0 spiro atoms. The van der Waals surface area contributed by atoms with Crippen LogP contribution in [0.3, 0.4) is 0 Å². The maximum absolute atomic E-state index is 12.1. The number of likely N-dealkylation sites (N-methyl/N-ethyl adjacent to an activating group) is 1. The molecule has 18 heavy (non-hydrogen) atoms. The van der Waals surface area contributed by atoms with Gasteiger partial charge in [0, 0.05) is 19.3 Å². The summed E-state index contributed by atoms with van der Waals surface area (Å²) >= 11 is 0. The Bertz CT molecular complexity index is 450. The number of primary amides is 1. The van der Waals surface area contributed by atoms with Crippen LogP contribution in [0, 0.1) is 0 Å².